The first-order chi connectivity index (χ1) is 9.06. The molecule has 0 amide bonds. The third-order valence-electron chi connectivity index (χ3n) is 2.20. The van der Waals surface area contributed by atoms with Gasteiger partial charge in [0.2, 0.25) is 5.69 Å². The van der Waals surface area contributed by atoms with Crippen molar-refractivity contribution in [2.24, 2.45) is 0 Å². The van der Waals surface area contributed by atoms with Crippen LogP contribution < -0.4 is 0 Å². The molecule has 0 spiro atoms. The van der Waals surface area contributed by atoms with Gasteiger partial charge in [0.05, 0.1) is 11.5 Å². The molecule has 0 aliphatic heterocycles. The predicted octanol–water partition coefficient (Wildman–Crippen LogP) is 2.75. The number of esters is 1. The molecule has 0 aliphatic rings. The fraction of sp³-hybridized carbons (Fsp3) is 0.333. The van der Waals surface area contributed by atoms with Crippen molar-refractivity contribution in [2.75, 3.05) is 20.8 Å². The van der Waals surface area contributed by atoms with E-state index in [1.54, 1.807) is 6.92 Å². The van der Waals surface area contributed by atoms with E-state index in [9.17, 15) is 4.79 Å². The zero-order chi connectivity index (χ0) is 14.3. The topological polar surface area (TPSA) is 44.8 Å². The van der Waals surface area contributed by atoms with E-state index in [2.05, 4.69) is 0 Å². The summed E-state index contributed by atoms with van der Waals surface area (Å²) in [6.45, 7) is 2.08. The Morgan fingerprint density at radius 1 is 1.26 bits per heavy atom. The Balaban J connectivity index is 3.24. The molecule has 4 nitrogen and oxygen atoms in total. The van der Waals surface area contributed by atoms with Crippen LogP contribution in [0.15, 0.2) is 30.3 Å². The van der Waals surface area contributed by atoms with E-state index in [1.165, 1.54) is 14.2 Å². The van der Waals surface area contributed by atoms with Crippen LogP contribution in [0.5, 0.6) is 0 Å². The zero-order valence-corrected chi connectivity index (χ0v) is 13.6. The molecular formula is C12H17O4PS2. The van der Waals surface area contributed by atoms with Crippen molar-refractivity contribution in [1.82, 2.24) is 0 Å². The number of rotatable bonds is 6. The number of carbonyl (C=O) groups is 1. The normalized spacial score (nSPS) is 12.7. The summed E-state index contributed by atoms with van der Waals surface area (Å²) in [4.78, 5) is 12.5. The SMILES string of the molecule is CCOC(=O)C(=[SH]P(=S)(OC)OC)c1ccccc1. The van der Waals surface area contributed by atoms with Crippen LogP contribution in [0.4, 0.5) is 0 Å². The molecule has 7 heteroatoms. The first-order valence-electron chi connectivity index (χ1n) is 5.60. The van der Waals surface area contributed by atoms with Crippen LogP contribution in [0.1, 0.15) is 12.5 Å². The zero-order valence-electron chi connectivity index (χ0n) is 11.0. The molecule has 0 saturated heterocycles. The minimum atomic E-state index is -2.51. The highest BCUT2D eigenvalue weighted by atomic mass is 32.9. The molecule has 0 aliphatic carbocycles. The maximum absolute atomic E-state index is 12.0. The summed E-state index contributed by atoms with van der Waals surface area (Å²) >= 11 is 5.31. The van der Waals surface area contributed by atoms with Gasteiger partial charge in [-0.05, 0) is 24.3 Å². The summed E-state index contributed by atoms with van der Waals surface area (Å²) in [5.74, 6) is -0.390. The Morgan fingerprint density at radius 3 is 2.32 bits per heavy atom. The summed E-state index contributed by atoms with van der Waals surface area (Å²) in [6, 6.07) is 9.26. The van der Waals surface area contributed by atoms with E-state index in [1.807, 2.05) is 30.3 Å². The average molecular weight is 320 g/mol. The van der Waals surface area contributed by atoms with Crippen LogP contribution in [0, 0.1) is 0 Å². The van der Waals surface area contributed by atoms with E-state index in [0.29, 0.717) is 22.4 Å². The molecule has 1 aromatic carbocycles. The quantitative estimate of drug-likeness (QED) is 0.287. The van der Waals surface area contributed by atoms with Gasteiger partial charge < -0.3 is 13.8 Å². The highest BCUT2D eigenvalue weighted by Gasteiger charge is 2.19. The summed E-state index contributed by atoms with van der Waals surface area (Å²) in [6.07, 6.45) is 0. The molecule has 0 saturated carbocycles. The second kappa shape index (κ2) is 7.92. The van der Waals surface area contributed by atoms with Crippen LogP contribution >= 0.6 is 16.7 Å². The Labute approximate surface area is 121 Å². The van der Waals surface area contributed by atoms with E-state index >= 15 is 0 Å². The predicted molar refractivity (Wildman–Crippen MR) is 84.5 cm³/mol. The van der Waals surface area contributed by atoms with Crippen molar-refractivity contribution < 1.29 is 18.6 Å². The summed E-state index contributed by atoms with van der Waals surface area (Å²) in [5, 5.41) is 0. The molecule has 0 N–H and O–H groups in total. The lowest BCUT2D eigenvalue weighted by Crippen LogP contribution is -2.17. The highest BCUT2D eigenvalue weighted by molar-refractivity contribution is 8.67. The van der Waals surface area contributed by atoms with Crippen LogP contribution in [0.3, 0.4) is 0 Å². The minimum Gasteiger partial charge on any atom is -0.462 e. The Hall–Kier alpha value is -0.520. The largest absolute Gasteiger partial charge is 0.462 e. The van der Waals surface area contributed by atoms with Gasteiger partial charge in [0.1, 0.15) is 0 Å². The molecule has 1 aromatic rings. The highest BCUT2D eigenvalue weighted by Crippen LogP contribution is 2.56. The van der Waals surface area contributed by atoms with E-state index in [4.69, 9.17) is 25.6 Å². The van der Waals surface area contributed by atoms with Gasteiger partial charge in [-0.15, -0.1) is 11.0 Å². The number of ether oxygens (including phenoxy) is 1. The minimum absolute atomic E-state index is 0.313. The first kappa shape index (κ1) is 16.5. The van der Waals surface area contributed by atoms with Crippen molar-refractivity contribution >= 4 is 39.3 Å². The monoisotopic (exact) mass is 320 g/mol. The van der Waals surface area contributed by atoms with Crippen molar-refractivity contribution in [3.05, 3.63) is 35.9 Å². The molecule has 0 atom stereocenters. The van der Waals surface area contributed by atoms with Crippen LogP contribution in [-0.2, 0) is 30.4 Å². The van der Waals surface area contributed by atoms with Crippen molar-refractivity contribution in [1.29, 1.82) is 0 Å². The van der Waals surface area contributed by atoms with Gasteiger partial charge in [0, 0.05) is 14.2 Å². The molecule has 0 fully saturated rings. The van der Waals surface area contributed by atoms with Crippen LogP contribution in [0.25, 0.3) is 0 Å². The number of hydrogen-bond acceptors (Lipinski definition) is 5. The van der Waals surface area contributed by atoms with Gasteiger partial charge in [0.25, 0.3) is 0 Å². The van der Waals surface area contributed by atoms with Gasteiger partial charge in [-0.2, -0.15) is 0 Å². The number of thiol groups is 1. The van der Waals surface area contributed by atoms with Gasteiger partial charge in [-0.25, -0.2) is 4.79 Å². The maximum Gasteiger partial charge on any atom is 0.344 e. The van der Waals surface area contributed by atoms with Crippen LogP contribution in [0.2, 0.25) is 0 Å². The lowest BCUT2D eigenvalue weighted by atomic mass is 10.1. The van der Waals surface area contributed by atoms with Crippen molar-refractivity contribution in [3.8, 4) is 0 Å². The summed E-state index contributed by atoms with van der Waals surface area (Å²) in [7, 11) is 3.52. The molecule has 0 aromatic heterocycles. The smallest absolute Gasteiger partial charge is 0.344 e. The number of carbonyl (C=O) groups excluding carboxylic acids is 1. The first-order valence-corrected chi connectivity index (χ1v) is 9.84. The lowest BCUT2D eigenvalue weighted by Gasteiger charge is -2.16. The Morgan fingerprint density at radius 2 is 1.84 bits per heavy atom. The third-order valence-corrected chi connectivity index (χ3v) is 7.95. The molecule has 0 radical (unpaired) electrons. The average Bonchev–Trinajstić information content (AvgIpc) is 2.45. The molecule has 0 unspecified atom stereocenters. The molecular weight excluding hydrogens is 303 g/mol. The molecule has 1 rings (SSSR count). The van der Waals surface area contributed by atoms with E-state index < -0.39 is 11.7 Å². The Kier molecular flexibility index (Phi) is 6.89. The maximum atomic E-state index is 12.0. The van der Waals surface area contributed by atoms with Crippen molar-refractivity contribution in [3.63, 3.8) is 0 Å². The van der Waals surface area contributed by atoms with Gasteiger partial charge in [-0.3, -0.25) is 0 Å². The fourth-order valence-corrected chi connectivity index (χ4v) is 4.81. The standard InChI is InChI=1S/C12H17O4PS2/c1-4-16-12(13)11(10-8-6-5-7-9-10)19-17(18,14-2)15-3/h5-9,19H,4H2,1-3H3. The Bertz CT molecular complexity index is 494. The van der Waals surface area contributed by atoms with E-state index in [0.717, 1.165) is 5.56 Å². The number of hydrogen-bond donors (Lipinski definition) is 1. The second-order valence-electron chi connectivity index (χ2n) is 3.37. The second-order valence-corrected chi connectivity index (χ2v) is 10.1. The summed E-state index contributed by atoms with van der Waals surface area (Å²) < 4.78 is 15.5. The molecule has 19 heavy (non-hydrogen) atoms. The van der Waals surface area contributed by atoms with Gasteiger partial charge in [0.15, 0.2) is 0 Å². The van der Waals surface area contributed by atoms with Gasteiger partial charge in [-0.1, -0.05) is 30.3 Å². The van der Waals surface area contributed by atoms with Crippen LogP contribution in [-0.4, -0.2) is 31.7 Å². The third kappa shape index (κ3) is 4.82. The van der Waals surface area contributed by atoms with E-state index in [-0.39, 0.29) is 0 Å². The molecule has 0 bridgehead atoms. The fourth-order valence-electron chi connectivity index (χ4n) is 1.29. The van der Waals surface area contributed by atoms with Gasteiger partial charge >= 0.3 is 5.97 Å². The van der Waals surface area contributed by atoms with Crippen molar-refractivity contribution in [2.45, 2.75) is 6.92 Å². The number of benzene rings is 1. The summed E-state index contributed by atoms with van der Waals surface area (Å²) in [5.41, 5.74) is -1.74. The molecule has 0 heterocycles. The molecule has 106 valence electrons. The lowest BCUT2D eigenvalue weighted by molar-refractivity contribution is -0.134.